The van der Waals surface area contributed by atoms with E-state index in [0.29, 0.717) is 11.3 Å². The van der Waals surface area contributed by atoms with Crippen LogP contribution in [0.1, 0.15) is 40.9 Å². The molecule has 6 heteroatoms. The highest BCUT2D eigenvalue weighted by atomic mass is 19.1. The lowest BCUT2D eigenvalue weighted by atomic mass is 9.93. The highest BCUT2D eigenvalue weighted by molar-refractivity contribution is 5.94. The Labute approximate surface area is 139 Å². The summed E-state index contributed by atoms with van der Waals surface area (Å²) in [5, 5.41) is 11.8. The first-order valence-corrected chi connectivity index (χ1v) is 7.73. The van der Waals surface area contributed by atoms with E-state index in [1.165, 1.54) is 18.3 Å². The summed E-state index contributed by atoms with van der Waals surface area (Å²) in [6.45, 7) is 0.124. The van der Waals surface area contributed by atoms with Crippen molar-refractivity contribution in [2.24, 2.45) is 0 Å². The number of benzene rings is 1. The summed E-state index contributed by atoms with van der Waals surface area (Å²) in [5.74, 6) is -0.386. The Morgan fingerprint density at radius 1 is 1.38 bits per heavy atom. The van der Waals surface area contributed by atoms with E-state index in [-0.39, 0.29) is 29.9 Å². The lowest BCUT2D eigenvalue weighted by Gasteiger charge is -2.26. The fraction of sp³-hybridized carbons (Fsp3) is 0.278. The zero-order valence-electron chi connectivity index (χ0n) is 13.0. The van der Waals surface area contributed by atoms with Gasteiger partial charge in [-0.3, -0.25) is 9.78 Å². The summed E-state index contributed by atoms with van der Waals surface area (Å²) in [6.07, 6.45) is 4.72. The molecule has 1 N–H and O–H groups in total. The van der Waals surface area contributed by atoms with Gasteiger partial charge in [0.05, 0.1) is 22.9 Å². The van der Waals surface area contributed by atoms with E-state index >= 15 is 0 Å². The first kappa shape index (κ1) is 15.9. The molecule has 1 aliphatic rings. The second kappa shape index (κ2) is 7.09. The average Bonchev–Trinajstić information content (AvgIpc) is 2.56. The van der Waals surface area contributed by atoms with E-state index in [2.05, 4.69) is 10.3 Å². The summed E-state index contributed by atoms with van der Waals surface area (Å²) in [7, 11) is 0. The van der Waals surface area contributed by atoms with Crippen molar-refractivity contribution in [1.29, 1.82) is 5.26 Å². The first-order chi connectivity index (χ1) is 11.6. The lowest BCUT2D eigenvalue weighted by Crippen LogP contribution is -2.39. The Hall–Kier alpha value is -2.94. The number of nitrogens with one attached hydrogen (secondary N) is 1. The van der Waals surface area contributed by atoms with Crippen molar-refractivity contribution in [3.63, 3.8) is 0 Å². The molecule has 24 heavy (non-hydrogen) atoms. The Morgan fingerprint density at radius 2 is 2.21 bits per heavy atom. The number of aromatic nitrogens is 1. The van der Waals surface area contributed by atoms with Crippen LogP contribution in [-0.2, 0) is 6.61 Å². The summed E-state index contributed by atoms with van der Waals surface area (Å²) in [4.78, 5) is 16.2. The second-order valence-corrected chi connectivity index (χ2v) is 5.72. The van der Waals surface area contributed by atoms with Gasteiger partial charge in [0, 0.05) is 18.3 Å². The molecule has 1 saturated carbocycles. The minimum atomic E-state index is -0.528. The van der Waals surface area contributed by atoms with Gasteiger partial charge in [-0.15, -0.1) is 0 Å². The Balaban J connectivity index is 1.59. The van der Waals surface area contributed by atoms with Crippen molar-refractivity contribution in [1.82, 2.24) is 10.3 Å². The summed E-state index contributed by atoms with van der Waals surface area (Å²) >= 11 is 0. The maximum Gasteiger partial charge on any atom is 0.253 e. The largest absolute Gasteiger partial charge is 0.487 e. The van der Waals surface area contributed by atoms with Crippen LogP contribution in [0.3, 0.4) is 0 Å². The molecule has 0 radical (unpaired) electrons. The summed E-state index contributed by atoms with van der Waals surface area (Å²) in [6, 6.07) is 9.34. The number of halogens is 1. The van der Waals surface area contributed by atoms with Gasteiger partial charge in [-0.2, -0.15) is 5.26 Å². The van der Waals surface area contributed by atoms with Gasteiger partial charge in [0.1, 0.15) is 18.2 Å². The molecule has 1 aromatic carbocycles. The van der Waals surface area contributed by atoms with Crippen LogP contribution in [0, 0.1) is 17.1 Å². The average molecular weight is 325 g/mol. The molecule has 0 aliphatic heterocycles. The standard InChI is InChI=1S/C18H16FN3O2/c19-14-6-12(9-20)7-17(8-14)24-11-16-5-4-13(10-21-16)18(23)22-15-2-1-3-15/h4-8,10,15H,1-3,11H2,(H,22,23). The van der Waals surface area contributed by atoms with Crippen molar-refractivity contribution >= 4 is 5.91 Å². The number of ether oxygens (including phenoxy) is 1. The van der Waals surface area contributed by atoms with E-state index < -0.39 is 5.82 Å². The second-order valence-electron chi connectivity index (χ2n) is 5.72. The molecule has 1 aromatic heterocycles. The van der Waals surface area contributed by atoms with Crippen LogP contribution in [0.4, 0.5) is 4.39 Å². The van der Waals surface area contributed by atoms with Crippen molar-refractivity contribution in [3.05, 3.63) is 59.2 Å². The zero-order valence-corrected chi connectivity index (χ0v) is 13.0. The number of rotatable bonds is 5. The predicted molar refractivity (Wildman–Crippen MR) is 84.8 cm³/mol. The monoisotopic (exact) mass is 325 g/mol. The third-order valence-corrected chi connectivity index (χ3v) is 3.91. The molecular weight excluding hydrogens is 309 g/mol. The van der Waals surface area contributed by atoms with Crippen molar-refractivity contribution in [2.45, 2.75) is 31.9 Å². The Kier molecular flexibility index (Phi) is 4.71. The molecule has 1 aliphatic carbocycles. The van der Waals surface area contributed by atoms with Crippen LogP contribution in [0.25, 0.3) is 0 Å². The molecule has 0 atom stereocenters. The molecule has 0 unspecified atom stereocenters. The fourth-order valence-corrected chi connectivity index (χ4v) is 2.33. The van der Waals surface area contributed by atoms with Crippen molar-refractivity contribution in [3.8, 4) is 11.8 Å². The zero-order chi connectivity index (χ0) is 16.9. The number of carbonyl (C=O) groups excluding carboxylic acids is 1. The molecule has 1 amide bonds. The number of nitrogens with zero attached hydrogens (tertiary/aromatic N) is 2. The van der Waals surface area contributed by atoms with Gasteiger partial charge >= 0.3 is 0 Å². The maximum atomic E-state index is 13.3. The van der Waals surface area contributed by atoms with Crippen LogP contribution in [-0.4, -0.2) is 16.9 Å². The highest BCUT2D eigenvalue weighted by Crippen LogP contribution is 2.19. The number of amides is 1. The number of pyridine rings is 1. The minimum Gasteiger partial charge on any atom is -0.487 e. The number of carbonyl (C=O) groups is 1. The molecule has 122 valence electrons. The summed E-state index contributed by atoms with van der Waals surface area (Å²) in [5.41, 5.74) is 1.31. The number of hydrogen-bond acceptors (Lipinski definition) is 4. The lowest BCUT2D eigenvalue weighted by molar-refractivity contribution is 0.0916. The quantitative estimate of drug-likeness (QED) is 0.917. The molecule has 1 heterocycles. The van der Waals surface area contributed by atoms with Gasteiger partial charge in [-0.1, -0.05) is 0 Å². The molecule has 2 aromatic rings. The van der Waals surface area contributed by atoms with E-state index in [9.17, 15) is 9.18 Å². The third kappa shape index (κ3) is 3.87. The number of nitriles is 1. The molecule has 0 spiro atoms. The molecular formula is C18H16FN3O2. The van der Waals surface area contributed by atoms with Gasteiger partial charge < -0.3 is 10.1 Å². The molecule has 5 nitrogen and oxygen atoms in total. The first-order valence-electron chi connectivity index (χ1n) is 7.73. The van der Waals surface area contributed by atoms with Crippen molar-refractivity contribution in [2.75, 3.05) is 0 Å². The van der Waals surface area contributed by atoms with E-state index in [1.807, 2.05) is 6.07 Å². The van der Waals surface area contributed by atoms with Crippen LogP contribution in [0.5, 0.6) is 5.75 Å². The predicted octanol–water partition coefficient (Wildman–Crippen LogP) is 2.95. The van der Waals surface area contributed by atoms with Crippen molar-refractivity contribution < 1.29 is 13.9 Å². The van der Waals surface area contributed by atoms with Crippen LogP contribution in [0.2, 0.25) is 0 Å². The van der Waals surface area contributed by atoms with Crippen LogP contribution in [0.15, 0.2) is 36.5 Å². The van der Waals surface area contributed by atoms with Gasteiger partial charge in [0.25, 0.3) is 5.91 Å². The van der Waals surface area contributed by atoms with Gasteiger partial charge in [-0.05, 0) is 43.5 Å². The van der Waals surface area contributed by atoms with E-state index in [0.717, 1.165) is 25.3 Å². The molecule has 1 fully saturated rings. The smallest absolute Gasteiger partial charge is 0.253 e. The Bertz CT molecular complexity index is 780. The minimum absolute atomic E-state index is 0.122. The van der Waals surface area contributed by atoms with E-state index in [1.54, 1.807) is 12.1 Å². The fourth-order valence-electron chi connectivity index (χ4n) is 2.33. The van der Waals surface area contributed by atoms with Gasteiger partial charge in [0.2, 0.25) is 0 Å². The number of hydrogen-bond donors (Lipinski definition) is 1. The molecule has 3 rings (SSSR count). The third-order valence-electron chi connectivity index (χ3n) is 3.91. The highest BCUT2D eigenvalue weighted by Gasteiger charge is 2.20. The van der Waals surface area contributed by atoms with E-state index in [4.69, 9.17) is 10.00 Å². The van der Waals surface area contributed by atoms with Gasteiger partial charge in [0.15, 0.2) is 0 Å². The maximum absolute atomic E-state index is 13.3. The van der Waals surface area contributed by atoms with Crippen LogP contribution >= 0.6 is 0 Å². The SMILES string of the molecule is N#Cc1cc(F)cc(OCc2ccc(C(=O)NC3CCC3)cn2)c1. The van der Waals surface area contributed by atoms with Gasteiger partial charge in [-0.25, -0.2) is 4.39 Å². The topological polar surface area (TPSA) is 75.0 Å². The Morgan fingerprint density at radius 3 is 2.83 bits per heavy atom. The molecule has 0 saturated heterocycles. The van der Waals surface area contributed by atoms with Crippen LogP contribution < -0.4 is 10.1 Å². The normalized spacial score (nSPS) is 13.7. The summed E-state index contributed by atoms with van der Waals surface area (Å²) < 4.78 is 18.8. The molecule has 0 bridgehead atoms.